The van der Waals surface area contributed by atoms with Crippen LogP contribution in [0.15, 0.2) is 84.9 Å². The minimum Gasteiger partial charge on any atom is -0.508 e. The Bertz CT molecular complexity index is 1300. The van der Waals surface area contributed by atoms with Crippen molar-refractivity contribution in [2.45, 2.75) is 12.0 Å². The number of phenols is 4. The molecule has 4 aromatic rings. The highest BCUT2D eigenvalue weighted by molar-refractivity contribution is 5.71. The van der Waals surface area contributed by atoms with E-state index < -0.39 is 6.10 Å². The number of benzene rings is 4. The Labute approximate surface area is 191 Å². The SMILES string of the molecule is Oc1ccc(/C=C/c2ccc3c(c2)O[C@H](c2ccc(O)cc2)[C@H]3c2cc(O)cc(O)c2)cc1. The van der Waals surface area contributed by atoms with Crippen LogP contribution in [0, 0.1) is 0 Å². The fourth-order valence-electron chi connectivity index (χ4n) is 4.24. The van der Waals surface area contributed by atoms with E-state index in [9.17, 15) is 20.4 Å². The first kappa shape index (κ1) is 20.5. The van der Waals surface area contributed by atoms with Gasteiger partial charge < -0.3 is 25.2 Å². The maximum Gasteiger partial charge on any atom is 0.135 e. The molecule has 5 nitrogen and oxygen atoms in total. The van der Waals surface area contributed by atoms with Crippen LogP contribution in [-0.2, 0) is 0 Å². The highest BCUT2D eigenvalue weighted by Crippen LogP contribution is 2.50. The second kappa shape index (κ2) is 8.28. The van der Waals surface area contributed by atoms with Gasteiger partial charge in [0.1, 0.15) is 34.9 Å². The van der Waals surface area contributed by atoms with Crippen molar-refractivity contribution < 1.29 is 25.2 Å². The van der Waals surface area contributed by atoms with Crippen molar-refractivity contribution in [1.29, 1.82) is 0 Å². The van der Waals surface area contributed by atoms with E-state index in [2.05, 4.69) is 0 Å². The van der Waals surface area contributed by atoms with Gasteiger partial charge in [0.2, 0.25) is 0 Å². The number of phenolic OH excluding ortho intramolecular Hbond substituents is 4. The van der Waals surface area contributed by atoms with Crippen molar-refractivity contribution in [2.24, 2.45) is 0 Å². The minimum atomic E-state index is -0.391. The summed E-state index contributed by atoms with van der Waals surface area (Å²) in [4.78, 5) is 0. The fourth-order valence-corrected chi connectivity index (χ4v) is 4.24. The Morgan fingerprint density at radius 2 is 1.12 bits per heavy atom. The molecule has 4 aromatic carbocycles. The van der Waals surface area contributed by atoms with Crippen molar-refractivity contribution in [3.05, 3.63) is 113 Å². The van der Waals surface area contributed by atoms with E-state index >= 15 is 0 Å². The molecule has 0 spiro atoms. The Kier molecular flexibility index (Phi) is 5.15. The van der Waals surface area contributed by atoms with Gasteiger partial charge in [0.25, 0.3) is 0 Å². The maximum absolute atomic E-state index is 10.1. The Morgan fingerprint density at radius 3 is 1.79 bits per heavy atom. The molecular formula is C28H22O5. The van der Waals surface area contributed by atoms with Crippen LogP contribution >= 0.6 is 0 Å². The largest absolute Gasteiger partial charge is 0.508 e. The molecule has 0 bridgehead atoms. The van der Waals surface area contributed by atoms with Crippen molar-refractivity contribution >= 4 is 12.2 Å². The summed E-state index contributed by atoms with van der Waals surface area (Å²) < 4.78 is 6.38. The summed E-state index contributed by atoms with van der Waals surface area (Å²) in [6, 6.07) is 24.3. The number of hydrogen-bond acceptors (Lipinski definition) is 5. The third-order valence-corrected chi connectivity index (χ3v) is 5.80. The summed E-state index contributed by atoms with van der Waals surface area (Å²) in [6.45, 7) is 0. The van der Waals surface area contributed by atoms with Crippen molar-refractivity contribution in [1.82, 2.24) is 0 Å². The molecule has 0 saturated heterocycles. The molecule has 1 heterocycles. The second-order valence-corrected chi connectivity index (χ2v) is 8.11. The third kappa shape index (κ3) is 4.21. The molecule has 5 rings (SSSR count). The Morgan fingerprint density at radius 1 is 0.545 bits per heavy atom. The number of aromatic hydroxyl groups is 4. The minimum absolute atomic E-state index is 0.0173. The third-order valence-electron chi connectivity index (χ3n) is 5.80. The normalized spacial score (nSPS) is 17.1. The van der Waals surface area contributed by atoms with Crippen molar-refractivity contribution in [3.63, 3.8) is 0 Å². The van der Waals surface area contributed by atoms with E-state index in [0.717, 1.165) is 27.8 Å². The summed E-state index contributed by atoms with van der Waals surface area (Å²) in [7, 11) is 0. The lowest BCUT2D eigenvalue weighted by molar-refractivity contribution is 0.222. The standard InChI is InChI=1S/C28H22O5/c29-21-8-3-17(4-9-21)1-2-18-5-12-25-26(13-18)33-28(19-6-10-22(30)11-7-19)27(25)20-14-23(31)16-24(32)15-20/h1-16,27-32H/b2-1+/t27-,28+/m0/s1. The van der Waals surface area contributed by atoms with Gasteiger partial charge in [0, 0.05) is 11.6 Å². The molecule has 5 heteroatoms. The van der Waals surface area contributed by atoms with E-state index in [1.54, 1.807) is 36.4 Å². The molecule has 1 aliphatic rings. The van der Waals surface area contributed by atoms with E-state index in [4.69, 9.17) is 4.74 Å². The van der Waals surface area contributed by atoms with Crippen LogP contribution in [0.5, 0.6) is 28.7 Å². The van der Waals surface area contributed by atoms with Crippen LogP contribution in [-0.4, -0.2) is 20.4 Å². The zero-order valence-corrected chi connectivity index (χ0v) is 17.6. The van der Waals surface area contributed by atoms with Crippen molar-refractivity contribution in [2.75, 3.05) is 0 Å². The quantitative estimate of drug-likeness (QED) is 0.296. The molecule has 2 atom stereocenters. The summed E-state index contributed by atoms with van der Waals surface area (Å²) >= 11 is 0. The van der Waals surface area contributed by atoms with Crippen LogP contribution in [0.25, 0.3) is 12.2 Å². The van der Waals surface area contributed by atoms with Crippen LogP contribution < -0.4 is 4.74 Å². The molecule has 0 radical (unpaired) electrons. The summed E-state index contributed by atoms with van der Waals surface area (Å²) in [5, 5.41) is 39.3. The smallest absolute Gasteiger partial charge is 0.135 e. The van der Waals surface area contributed by atoms with Gasteiger partial charge in [-0.25, -0.2) is 0 Å². The lowest BCUT2D eigenvalue weighted by atomic mass is 9.84. The predicted octanol–water partition coefficient (Wildman–Crippen LogP) is 5.95. The van der Waals surface area contributed by atoms with E-state index in [1.165, 1.54) is 6.07 Å². The Hall–Kier alpha value is -4.38. The summed E-state index contributed by atoms with van der Waals surface area (Å²) in [6.07, 6.45) is 3.54. The average molecular weight is 438 g/mol. The molecule has 0 amide bonds. The monoisotopic (exact) mass is 438 g/mol. The van der Waals surface area contributed by atoms with Crippen LogP contribution in [0.4, 0.5) is 0 Å². The van der Waals surface area contributed by atoms with E-state index in [1.807, 2.05) is 54.6 Å². The molecule has 164 valence electrons. The average Bonchev–Trinajstić information content (AvgIpc) is 3.17. The molecule has 0 saturated carbocycles. The lowest BCUT2D eigenvalue weighted by Crippen LogP contribution is -2.11. The fraction of sp³-hybridized carbons (Fsp3) is 0.0714. The van der Waals surface area contributed by atoms with Crippen molar-refractivity contribution in [3.8, 4) is 28.7 Å². The molecule has 33 heavy (non-hydrogen) atoms. The number of rotatable bonds is 4. The van der Waals surface area contributed by atoms with E-state index in [0.29, 0.717) is 5.75 Å². The lowest BCUT2D eigenvalue weighted by Gasteiger charge is -2.20. The first-order valence-corrected chi connectivity index (χ1v) is 10.6. The number of fused-ring (bicyclic) bond motifs is 1. The van der Waals surface area contributed by atoms with Gasteiger partial charge in [-0.2, -0.15) is 0 Å². The van der Waals surface area contributed by atoms with Crippen LogP contribution in [0.2, 0.25) is 0 Å². The highest BCUT2D eigenvalue weighted by Gasteiger charge is 2.37. The highest BCUT2D eigenvalue weighted by atomic mass is 16.5. The van der Waals surface area contributed by atoms with E-state index in [-0.39, 0.29) is 28.9 Å². The van der Waals surface area contributed by atoms with Gasteiger partial charge >= 0.3 is 0 Å². The Balaban J connectivity index is 1.54. The zero-order valence-electron chi connectivity index (χ0n) is 17.6. The van der Waals surface area contributed by atoms with Gasteiger partial charge in [0.15, 0.2) is 0 Å². The first-order chi connectivity index (χ1) is 16.0. The number of hydrogen-bond donors (Lipinski definition) is 4. The summed E-state index contributed by atoms with van der Waals surface area (Å²) in [5.74, 6) is 0.823. The van der Waals surface area contributed by atoms with Gasteiger partial charge in [0.05, 0.1) is 5.92 Å². The molecular weight excluding hydrogens is 416 g/mol. The molecule has 0 aromatic heterocycles. The van der Waals surface area contributed by atoms with Gasteiger partial charge in [-0.3, -0.25) is 0 Å². The maximum atomic E-state index is 10.1. The van der Waals surface area contributed by atoms with Gasteiger partial charge in [-0.05, 0) is 64.7 Å². The molecule has 0 aliphatic carbocycles. The second-order valence-electron chi connectivity index (χ2n) is 8.11. The van der Waals surface area contributed by atoms with Gasteiger partial charge in [-0.1, -0.05) is 48.6 Å². The van der Waals surface area contributed by atoms with Crippen LogP contribution in [0.3, 0.4) is 0 Å². The van der Waals surface area contributed by atoms with Gasteiger partial charge in [-0.15, -0.1) is 0 Å². The number of ether oxygens (including phenoxy) is 1. The van der Waals surface area contributed by atoms with Crippen LogP contribution in [0.1, 0.15) is 39.8 Å². The topological polar surface area (TPSA) is 90.2 Å². The molecule has 4 N–H and O–H groups in total. The molecule has 0 fully saturated rings. The first-order valence-electron chi connectivity index (χ1n) is 10.6. The molecule has 0 unspecified atom stereocenters. The predicted molar refractivity (Wildman–Crippen MR) is 127 cm³/mol. The zero-order chi connectivity index (χ0) is 22.9. The molecule has 1 aliphatic heterocycles. The summed E-state index contributed by atoms with van der Waals surface area (Å²) in [5.41, 5.74) is 4.46.